The van der Waals surface area contributed by atoms with Gasteiger partial charge in [-0.15, -0.1) is 0 Å². The number of ether oxygens (including phenoxy) is 1. The highest BCUT2D eigenvalue weighted by Gasteiger charge is 2.24. The van der Waals surface area contributed by atoms with Crippen LogP contribution in [0.25, 0.3) is 0 Å². The molecular formula is C14H20N2O3. The minimum atomic E-state index is -1.28. The van der Waals surface area contributed by atoms with Gasteiger partial charge in [0.25, 0.3) is 0 Å². The number of rotatable bonds is 5. The van der Waals surface area contributed by atoms with E-state index in [-0.39, 0.29) is 12.6 Å². The van der Waals surface area contributed by atoms with E-state index in [2.05, 4.69) is 5.32 Å². The number of nitrogens with one attached hydrogen (secondary N) is 1. The molecular weight excluding hydrogens is 244 g/mol. The molecule has 0 aliphatic carbocycles. The van der Waals surface area contributed by atoms with Crippen molar-refractivity contribution in [2.75, 3.05) is 6.61 Å². The van der Waals surface area contributed by atoms with E-state index in [1.165, 1.54) is 0 Å². The van der Waals surface area contributed by atoms with Crippen molar-refractivity contribution in [1.29, 1.82) is 0 Å². The number of carbonyl (C=O) groups is 2. The Labute approximate surface area is 113 Å². The fourth-order valence-electron chi connectivity index (χ4n) is 1.58. The number of carbonyl (C=O) groups excluding carboxylic acids is 2. The Hall–Kier alpha value is -1.88. The van der Waals surface area contributed by atoms with Gasteiger partial charge in [0.15, 0.2) is 6.04 Å². The molecule has 1 unspecified atom stereocenters. The van der Waals surface area contributed by atoms with Crippen LogP contribution in [0.3, 0.4) is 0 Å². The molecule has 3 N–H and O–H groups in total. The highest BCUT2D eigenvalue weighted by Crippen LogP contribution is 2.13. The van der Waals surface area contributed by atoms with Gasteiger partial charge in [0.1, 0.15) is 0 Å². The van der Waals surface area contributed by atoms with Crippen molar-refractivity contribution in [2.45, 2.75) is 32.9 Å². The summed E-state index contributed by atoms with van der Waals surface area (Å²) in [5, 5.41) is 2.69. The Kier molecular flexibility index (Phi) is 5.51. The molecule has 5 nitrogen and oxygen atoms in total. The molecule has 0 saturated heterocycles. The lowest BCUT2D eigenvalue weighted by Crippen LogP contribution is -2.47. The van der Waals surface area contributed by atoms with Gasteiger partial charge in [0.05, 0.1) is 12.6 Å². The van der Waals surface area contributed by atoms with Crippen LogP contribution in [0.5, 0.6) is 0 Å². The number of hydrogen-bond acceptors (Lipinski definition) is 4. The van der Waals surface area contributed by atoms with Gasteiger partial charge in [-0.25, -0.2) is 4.79 Å². The first-order valence-corrected chi connectivity index (χ1v) is 6.24. The minimum absolute atomic E-state index is 0.202. The van der Waals surface area contributed by atoms with Crippen LogP contribution in [0, 0.1) is 6.92 Å². The van der Waals surface area contributed by atoms with Gasteiger partial charge in [0, 0.05) is 0 Å². The van der Waals surface area contributed by atoms with E-state index in [0.717, 1.165) is 11.1 Å². The molecule has 0 aromatic heterocycles. The largest absolute Gasteiger partial charge is 0.464 e. The maximum absolute atomic E-state index is 11.8. The molecule has 1 aromatic carbocycles. The van der Waals surface area contributed by atoms with E-state index in [4.69, 9.17) is 10.5 Å². The van der Waals surface area contributed by atoms with Crippen LogP contribution in [-0.4, -0.2) is 24.5 Å². The monoisotopic (exact) mass is 264 g/mol. The lowest BCUT2D eigenvalue weighted by molar-refractivity contribution is -0.148. The fourth-order valence-corrected chi connectivity index (χ4v) is 1.58. The number of nitrogens with two attached hydrogens (primary N) is 1. The van der Waals surface area contributed by atoms with Crippen molar-refractivity contribution in [3.8, 4) is 0 Å². The Balaban J connectivity index is 2.61. The summed E-state index contributed by atoms with van der Waals surface area (Å²) in [7, 11) is 0. The van der Waals surface area contributed by atoms with Crippen LogP contribution in [0.2, 0.25) is 0 Å². The number of hydrogen-bond donors (Lipinski definition) is 2. The summed E-state index contributed by atoms with van der Waals surface area (Å²) in [5.41, 5.74) is 7.61. The number of benzene rings is 1. The Bertz CT molecular complexity index is 443. The Morgan fingerprint density at radius 1 is 1.32 bits per heavy atom. The smallest absolute Gasteiger partial charge is 0.332 e. The number of aryl methyl sites for hydroxylation is 1. The van der Waals surface area contributed by atoms with E-state index in [9.17, 15) is 9.59 Å². The van der Waals surface area contributed by atoms with Crippen LogP contribution in [0.4, 0.5) is 0 Å². The van der Waals surface area contributed by atoms with Crippen molar-refractivity contribution in [2.24, 2.45) is 5.73 Å². The first-order chi connectivity index (χ1) is 8.95. The molecule has 0 aliphatic rings. The van der Waals surface area contributed by atoms with Crippen LogP contribution >= 0.6 is 0 Å². The van der Waals surface area contributed by atoms with Gasteiger partial charge in [-0.3, -0.25) is 4.79 Å². The molecule has 0 bridgehead atoms. The molecule has 1 amide bonds. The molecule has 0 fully saturated rings. The second kappa shape index (κ2) is 6.89. The van der Waals surface area contributed by atoms with Crippen molar-refractivity contribution < 1.29 is 14.3 Å². The highest BCUT2D eigenvalue weighted by atomic mass is 16.5. The zero-order valence-electron chi connectivity index (χ0n) is 11.5. The third-order valence-corrected chi connectivity index (χ3v) is 2.76. The summed E-state index contributed by atoms with van der Waals surface area (Å²) >= 11 is 0. The summed E-state index contributed by atoms with van der Waals surface area (Å²) in [5.74, 6) is -1.25. The molecule has 0 heterocycles. The Morgan fingerprint density at radius 2 is 1.89 bits per heavy atom. The molecule has 0 aliphatic heterocycles. The minimum Gasteiger partial charge on any atom is -0.464 e. The van der Waals surface area contributed by atoms with E-state index in [1.807, 2.05) is 38.1 Å². The fraction of sp³-hybridized carbons (Fsp3) is 0.429. The SMILES string of the molecule is CCOC(=O)C(N)C(=O)N[C@@H](C)c1ccc(C)cc1. The second-order valence-electron chi connectivity index (χ2n) is 4.37. The van der Waals surface area contributed by atoms with Gasteiger partial charge in [0.2, 0.25) is 5.91 Å². The Morgan fingerprint density at radius 3 is 2.42 bits per heavy atom. The van der Waals surface area contributed by atoms with Crippen LogP contribution in [0.1, 0.15) is 31.0 Å². The molecule has 0 spiro atoms. The van der Waals surface area contributed by atoms with Gasteiger partial charge >= 0.3 is 5.97 Å². The number of esters is 1. The molecule has 19 heavy (non-hydrogen) atoms. The lowest BCUT2D eigenvalue weighted by atomic mass is 10.1. The van der Waals surface area contributed by atoms with Crippen molar-refractivity contribution in [3.05, 3.63) is 35.4 Å². The molecule has 0 saturated carbocycles. The van der Waals surface area contributed by atoms with Crippen molar-refractivity contribution >= 4 is 11.9 Å². The molecule has 104 valence electrons. The topological polar surface area (TPSA) is 81.4 Å². The average Bonchev–Trinajstić information content (AvgIpc) is 2.38. The molecule has 5 heteroatoms. The quantitative estimate of drug-likeness (QED) is 0.615. The molecule has 1 rings (SSSR count). The van der Waals surface area contributed by atoms with Crippen LogP contribution < -0.4 is 11.1 Å². The molecule has 0 radical (unpaired) electrons. The van der Waals surface area contributed by atoms with E-state index >= 15 is 0 Å². The summed E-state index contributed by atoms with van der Waals surface area (Å²) in [6, 6.07) is 6.28. The third kappa shape index (κ3) is 4.37. The van der Waals surface area contributed by atoms with Crippen molar-refractivity contribution in [3.63, 3.8) is 0 Å². The van der Waals surface area contributed by atoms with Crippen LogP contribution in [-0.2, 0) is 14.3 Å². The summed E-state index contributed by atoms with van der Waals surface area (Å²) < 4.78 is 4.70. The molecule has 2 atom stereocenters. The van der Waals surface area contributed by atoms with Gasteiger partial charge in [-0.05, 0) is 26.3 Å². The number of amides is 1. The van der Waals surface area contributed by atoms with Crippen LogP contribution in [0.15, 0.2) is 24.3 Å². The van der Waals surface area contributed by atoms with Gasteiger partial charge in [-0.2, -0.15) is 0 Å². The van der Waals surface area contributed by atoms with E-state index in [1.54, 1.807) is 6.92 Å². The summed E-state index contributed by atoms with van der Waals surface area (Å²) in [4.78, 5) is 23.1. The zero-order valence-corrected chi connectivity index (χ0v) is 11.5. The van der Waals surface area contributed by atoms with E-state index in [0.29, 0.717) is 0 Å². The average molecular weight is 264 g/mol. The summed E-state index contributed by atoms with van der Waals surface area (Å²) in [6.07, 6.45) is 0. The highest BCUT2D eigenvalue weighted by molar-refractivity contribution is 6.01. The third-order valence-electron chi connectivity index (χ3n) is 2.76. The second-order valence-corrected chi connectivity index (χ2v) is 4.37. The van der Waals surface area contributed by atoms with Crippen molar-refractivity contribution in [1.82, 2.24) is 5.32 Å². The zero-order chi connectivity index (χ0) is 14.4. The van der Waals surface area contributed by atoms with Gasteiger partial charge < -0.3 is 15.8 Å². The summed E-state index contributed by atoms with van der Waals surface area (Å²) in [6.45, 7) is 5.69. The maximum atomic E-state index is 11.8. The lowest BCUT2D eigenvalue weighted by Gasteiger charge is -2.17. The maximum Gasteiger partial charge on any atom is 0.332 e. The van der Waals surface area contributed by atoms with Gasteiger partial charge in [-0.1, -0.05) is 29.8 Å². The first-order valence-electron chi connectivity index (χ1n) is 6.24. The predicted molar refractivity (Wildman–Crippen MR) is 72.3 cm³/mol. The van der Waals surface area contributed by atoms with E-state index < -0.39 is 17.9 Å². The molecule has 1 aromatic rings. The standard InChI is InChI=1S/C14H20N2O3/c1-4-19-14(18)12(15)13(17)16-10(3)11-7-5-9(2)6-8-11/h5-8,10,12H,4,15H2,1-3H3,(H,16,17)/t10-,12?/m0/s1. The predicted octanol–water partition coefficient (Wildman–Crippen LogP) is 1.06. The first kappa shape index (κ1) is 15.2. The normalized spacial score (nSPS) is 13.5.